The fourth-order valence-corrected chi connectivity index (χ4v) is 2.73. The van der Waals surface area contributed by atoms with Crippen molar-refractivity contribution in [1.29, 1.82) is 0 Å². The molecule has 17 heavy (non-hydrogen) atoms. The van der Waals surface area contributed by atoms with Crippen LogP contribution < -0.4 is 11.1 Å². The van der Waals surface area contributed by atoms with Crippen molar-refractivity contribution in [1.82, 2.24) is 5.32 Å². The van der Waals surface area contributed by atoms with Gasteiger partial charge >= 0.3 is 5.97 Å². The van der Waals surface area contributed by atoms with Gasteiger partial charge in [0.25, 0.3) is 0 Å². The molecule has 0 unspecified atom stereocenters. The number of rotatable bonds is 4. The van der Waals surface area contributed by atoms with Gasteiger partial charge < -0.3 is 16.2 Å². The van der Waals surface area contributed by atoms with Gasteiger partial charge in [0.2, 0.25) is 5.91 Å². The van der Waals surface area contributed by atoms with Crippen molar-refractivity contribution in [3.8, 4) is 0 Å². The number of nitrogens with one attached hydrogen (secondary N) is 1. The molecule has 0 atom stereocenters. The van der Waals surface area contributed by atoms with Gasteiger partial charge in [-0.2, -0.15) is 0 Å². The summed E-state index contributed by atoms with van der Waals surface area (Å²) in [5.74, 6) is -0.980. The van der Waals surface area contributed by atoms with E-state index < -0.39 is 16.9 Å². The zero-order chi connectivity index (χ0) is 12.5. The van der Waals surface area contributed by atoms with E-state index >= 15 is 0 Å². The molecule has 2 fully saturated rings. The van der Waals surface area contributed by atoms with Gasteiger partial charge in [0.15, 0.2) is 0 Å². The fourth-order valence-electron chi connectivity index (χ4n) is 2.73. The SMILES string of the molecule is NC1(C(=O)NCC2(C(=O)O)CCCC2)CCC1. The molecule has 2 aliphatic carbocycles. The molecule has 96 valence electrons. The summed E-state index contributed by atoms with van der Waals surface area (Å²) < 4.78 is 0. The number of aliphatic carboxylic acids is 1. The van der Waals surface area contributed by atoms with E-state index in [0.717, 1.165) is 19.3 Å². The molecule has 2 rings (SSSR count). The minimum atomic E-state index is -0.796. The highest BCUT2D eigenvalue weighted by atomic mass is 16.4. The summed E-state index contributed by atoms with van der Waals surface area (Å²) in [4.78, 5) is 23.1. The Hall–Kier alpha value is -1.10. The predicted octanol–water partition coefficient (Wildman–Crippen LogP) is 0.629. The number of hydrogen-bond acceptors (Lipinski definition) is 3. The number of nitrogens with two attached hydrogens (primary N) is 1. The Morgan fingerprint density at radius 1 is 1.12 bits per heavy atom. The van der Waals surface area contributed by atoms with Gasteiger partial charge in [-0.25, -0.2) is 0 Å². The molecule has 1 amide bonds. The van der Waals surface area contributed by atoms with Crippen molar-refractivity contribution < 1.29 is 14.7 Å². The van der Waals surface area contributed by atoms with Crippen molar-refractivity contribution >= 4 is 11.9 Å². The van der Waals surface area contributed by atoms with Gasteiger partial charge in [-0.15, -0.1) is 0 Å². The van der Waals surface area contributed by atoms with Crippen LogP contribution in [-0.4, -0.2) is 29.1 Å². The first-order valence-corrected chi connectivity index (χ1v) is 6.29. The van der Waals surface area contributed by atoms with Crippen LogP contribution in [0.1, 0.15) is 44.9 Å². The maximum absolute atomic E-state index is 11.8. The third kappa shape index (κ3) is 2.16. The van der Waals surface area contributed by atoms with Crippen LogP contribution in [0, 0.1) is 5.41 Å². The van der Waals surface area contributed by atoms with E-state index in [2.05, 4.69) is 5.32 Å². The maximum atomic E-state index is 11.8. The zero-order valence-electron chi connectivity index (χ0n) is 10.00. The molecule has 0 bridgehead atoms. The molecule has 0 aromatic rings. The molecule has 0 heterocycles. The summed E-state index contributed by atoms with van der Waals surface area (Å²) in [5.41, 5.74) is 4.40. The first-order chi connectivity index (χ1) is 7.99. The Bertz CT molecular complexity index is 331. The molecule has 0 aromatic carbocycles. The number of amides is 1. The lowest BCUT2D eigenvalue weighted by atomic mass is 9.76. The first-order valence-electron chi connectivity index (χ1n) is 6.29. The Balaban J connectivity index is 1.92. The molecule has 2 saturated carbocycles. The van der Waals surface area contributed by atoms with Crippen molar-refractivity contribution in [3.63, 3.8) is 0 Å². The Labute approximate surface area is 101 Å². The number of carboxylic acid groups (broad SMARTS) is 1. The number of hydrogen-bond donors (Lipinski definition) is 3. The molecule has 0 aliphatic heterocycles. The molecule has 0 radical (unpaired) electrons. The largest absolute Gasteiger partial charge is 0.481 e. The maximum Gasteiger partial charge on any atom is 0.311 e. The highest BCUT2D eigenvalue weighted by Gasteiger charge is 2.44. The van der Waals surface area contributed by atoms with Crippen LogP contribution in [0.25, 0.3) is 0 Å². The van der Waals surface area contributed by atoms with Crippen molar-refractivity contribution in [3.05, 3.63) is 0 Å². The lowest BCUT2D eigenvalue weighted by Crippen LogP contribution is -2.60. The zero-order valence-corrected chi connectivity index (χ0v) is 10.00. The van der Waals surface area contributed by atoms with Gasteiger partial charge in [-0.3, -0.25) is 9.59 Å². The van der Waals surface area contributed by atoms with Gasteiger partial charge in [0.05, 0.1) is 11.0 Å². The van der Waals surface area contributed by atoms with Crippen LogP contribution >= 0.6 is 0 Å². The summed E-state index contributed by atoms with van der Waals surface area (Å²) in [6.07, 6.45) is 5.55. The lowest BCUT2D eigenvalue weighted by molar-refractivity contribution is -0.148. The smallest absolute Gasteiger partial charge is 0.311 e. The Morgan fingerprint density at radius 2 is 1.71 bits per heavy atom. The molecule has 0 spiro atoms. The van der Waals surface area contributed by atoms with Crippen molar-refractivity contribution in [2.45, 2.75) is 50.5 Å². The number of carbonyl (C=O) groups is 2. The van der Waals surface area contributed by atoms with E-state index in [1.807, 2.05) is 0 Å². The second kappa shape index (κ2) is 4.29. The normalized spacial score (nSPS) is 25.0. The summed E-state index contributed by atoms with van der Waals surface area (Å²) >= 11 is 0. The predicted molar refractivity (Wildman–Crippen MR) is 62.3 cm³/mol. The second-order valence-corrected chi connectivity index (χ2v) is 5.48. The van der Waals surface area contributed by atoms with E-state index in [9.17, 15) is 14.7 Å². The Morgan fingerprint density at radius 3 is 2.12 bits per heavy atom. The van der Waals surface area contributed by atoms with Crippen LogP contribution in [0.4, 0.5) is 0 Å². The van der Waals surface area contributed by atoms with Crippen LogP contribution in [0.2, 0.25) is 0 Å². The minimum Gasteiger partial charge on any atom is -0.481 e. The van der Waals surface area contributed by atoms with Gasteiger partial charge in [0, 0.05) is 6.54 Å². The molecule has 0 aromatic heterocycles. The van der Waals surface area contributed by atoms with Crippen LogP contribution in [0.3, 0.4) is 0 Å². The fraction of sp³-hybridized carbons (Fsp3) is 0.833. The molecular formula is C12H20N2O3. The molecule has 4 N–H and O–H groups in total. The standard InChI is InChI=1S/C12H20N2O3/c13-12(6-3-7-12)9(15)14-8-11(10(16)17)4-1-2-5-11/h1-8,13H2,(H,14,15)(H,16,17). The quantitative estimate of drug-likeness (QED) is 0.672. The lowest BCUT2D eigenvalue weighted by Gasteiger charge is -2.37. The summed E-state index contributed by atoms with van der Waals surface area (Å²) in [6.45, 7) is 0.222. The van der Waals surface area contributed by atoms with Crippen LogP contribution in [0.15, 0.2) is 0 Å². The molecule has 2 aliphatic rings. The number of carbonyl (C=O) groups excluding carboxylic acids is 1. The molecule has 0 saturated heterocycles. The summed E-state index contributed by atoms with van der Waals surface area (Å²) in [5, 5.41) is 12.0. The molecular weight excluding hydrogens is 220 g/mol. The van der Waals surface area contributed by atoms with E-state index in [0.29, 0.717) is 25.7 Å². The third-order valence-electron chi connectivity index (χ3n) is 4.30. The minimum absolute atomic E-state index is 0.184. The van der Waals surface area contributed by atoms with Gasteiger partial charge in [-0.1, -0.05) is 12.8 Å². The third-order valence-corrected chi connectivity index (χ3v) is 4.30. The van der Waals surface area contributed by atoms with Gasteiger partial charge in [-0.05, 0) is 32.1 Å². The van der Waals surface area contributed by atoms with Crippen LogP contribution in [-0.2, 0) is 9.59 Å². The molecule has 5 nitrogen and oxygen atoms in total. The average Bonchev–Trinajstić information content (AvgIpc) is 2.72. The number of carboxylic acids is 1. The van der Waals surface area contributed by atoms with Crippen molar-refractivity contribution in [2.24, 2.45) is 11.1 Å². The first kappa shape index (κ1) is 12.4. The second-order valence-electron chi connectivity index (χ2n) is 5.48. The Kier molecular flexibility index (Phi) is 3.12. The van der Waals surface area contributed by atoms with E-state index in [1.54, 1.807) is 0 Å². The van der Waals surface area contributed by atoms with E-state index in [-0.39, 0.29) is 12.5 Å². The van der Waals surface area contributed by atoms with Crippen LogP contribution in [0.5, 0.6) is 0 Å². The highest BCUT2D eigenvalue weighted by Crippen LogP contribution is 2.38. The summed E-state index contributed by atoms with van der Waals surface area (Å²) in [7, 11) is 0. The molecule has 5 heteroatoms. The van der Waals surface area contributed by atoms with E-state index in [4.69, 9.17) is 5.73 Å². The van der Waals surface area contributed by atoms with E-state index in [1.165, 1.54) is 0 Å². The monoisotopic (exact) mass is 240 g/mol. The highest BCUT2D eigenvalue weighted by molar-refractivity contribution is 5.87. The van der Waals surface area contributed by atoms with Gasteiger partial charge in [0.1, 0.15) is 0 Å². The summed E-state index contributed by atoms with van der Waals surface area (Å²) in [6, 6.07) is 0. The average molecular weight is 240 g/mol. The topological polar surface area (TPSA) is 92.4 Å². The van der Waals surface area contributed by atoms with Crippen molar-refractivity contribution in [2.75, 3.05) is 6.54 Å².